The van der Waals surface area contributed by atoms with Gasteiger partial charge in [-0.05, 0) is 19.1 Å². The fraction of sp³-hybridized carbons (Fsp3) is 0.182. The Balaban J connectivity index is 2.07. The Kier molecular flexibility index (Phi) is 3.04. The third kappa shape index (κ3) is 2.60. The molecule has 0 atom stereocenters. The molecule has 1 aromatic carbocycles. The van der Waals surface area contributed by atoms with Crippen LogP contribution >= 0.6 is 0 Å². The molecule has 0 aliphatic heterocycles. The maximum absolute atomic E-state index is 10.6. The van der Waals surface area contributed by atoms with Crippen molar-refractivity contribution in [2.45, 2.75) is 13.5 Å². The van der Waals surface area contributed by atoms with Gasteiger partial charge in [-0.2, -0.15) is 0 Å². The summed E-state index contributed by atoms with van der Waals surface area (Å²) in [6, 6.07) is 6.65. The number of rotatable bonds is 4. The summed E-state index contributed by atoms with van der Waals surface area (Å²) in [5.74, 6) is 0. The topological polar surface area (TPSA) is 81.2 Å². The van der Waals surface area contributed by atoms with E-state index in [-0.39, 0.29) is 5.69 Å². The molecule has 0 spiro atoms. The Labute approximate surface area is 97.4 Å². The lowest BCUT2D eigenvalue weighted by atomic mass is 10.2. The molecular formula is C11H11N3O3. The number of nitro groups is 1. The average molecular weight is 233 g/mol. The summed E-state index contributed by atoms with van der Waals surface area (Å²) in [7, 11) is 0. The minimum atomic E-state index is -0.392. The van der Waals surface area contributed by atoms with Crippen molar-refractivity contribution in [2.24, 2.45) is 0 Å². The van der Waals surface area contributed by atoms with Crippen molar-refractivity contribution < 1.29 is 9.45 Å². The summed E-state index contributed by atoms with van der Waals surface area (Å²) >= 11 is 0. The van der Waals surface area contributed by atoms with Gasteiger partial charge in [0.05, 0.1) is 11.5 Å². The second kappa shape index (κ2) is 4.65. The van der Waals surface area contributed by atoms with Crippen LogP contribution in [0.15, 0.2) is 35.1 Å². The second-order valence-electron chi connectivity index (χ2n) is 3.60. The van der Waals surface area contributed by atoms with E-state index >= 15 is 0 Å². The first-order valence-corrected chi connectivity index (χ1v) is 5.05. The summed E-state index contributed by atoms with van der Waals surface area (Å²) in [5, 5.41) is 17.5. The van der Waals surface area contributed by atoms with E-state index in [0.29, 0.717) is 12.1 Å². The number of anilines is 1. The molecule has 17 heavy (non-hydrogen) atoms. The van der Waals surface area contributed by atoms with E-state index in [1.165, 1.54) is 12.3 Å². The van der Waals surface area contributed by atoms with E-state index in [1.54, 1.807) is 25.1 Å². The predicted molar refractivity (Wildman–Crippen MR) is 61.7 cm³/mol. The molecule has 0 fully saturated rings. The van der Waals surface area contributed by atoms with Crippen LogP contribution in [0.1, 0.15) is 11.3 Å². The van der Waals surface area contributed by atoms with Crippen LogP contribution in [0.25, 0.3) is 0 Å². The lowest BCUT2D eigenvalue weighted by molar-refractivity contribution is -0.385. The molecule has 0 unspecified atom stereocenters. The van der Waals surface area contributed by atoms with Gasteiger partial charge >= 0.3 is 0 Å². The van der Waals surface area contributed by atoms with Gasteiger partial charge < -0.3 is 9.84 Å². The Morgan fingerprint density at radius 1 is 1.47 bits per heavy atom. The molecule has 1 aromatic heterocycles. The number of aromatic nitrogens is 1. The fourth-order valence-electron chi connectivity index (χ4n) is 1.49. The molecule has 0 bridgehead atoms. The maximum atomic E-state index is 10.6. The first kappa shape index (κ1) is 11.1. The van der Waals surface area contributed by atoms with Gasteiger partial charge in [0.15, 0.2) is 0 Å². The summed E-state index contributed by atoms with van der Waals surface area (Å²) in [5.41, 5.74) is 2.34. The normalized spacial score (nSPS) is 10.2. The van der Waals surface area contributed by atoms with Crippen LogP contribution in [0.2, 0.25) is 0 Å². The number of nitro benzene ring substituents is 1. The smallest absolute Gasteiger partial charge is 0.272 e. The van der Waals surface area contributed by atoms with Crippen LogP contribution < -0.4 is 5.32 Å². The minimum Gasteiger partial charge on any atom is -0.379 e. The summed E-state index contributed by atoms with van der Waals surface area (Å²) in [6.07, 6.45) is 1.50. The van der Waals surface area contributed by atoms with Gasteiger partial charge in [-0.25, -0.2) is 0 Å². The average Bonchev–Trinajstić information content (AvgIpc) is 2.78. The third-order valence-electron chi connectivity index (χ3n) is 2.36. The molecule has 0 radical (unpaired) electrons. The molecule has 2 aromatic rings. The third-order valence-corrected chi connectivity index (χ3v) is 2.36. The first-order chi connectivity index (χ1) is 8.16. The van der Waals surface area contributed by atoms with Crippen LogP contribution in [0.3, 0.4) is 0 Å². The van der Waals surface area contributed by atoms with Gasteiger partial charge in [0, 0.05) is 23.4 Å². The van der Waals surface area contributed by atoms with E-state index in [0.717, 1.165) is 11.4 Å². The lowest BCUT2D eigenvalue weighted by Gasteiger charge is -2.05. The van der Waals surface area contributed by atoms with Crippen LogP contribution in [0, 0.1) is 17.0 Å². The Hall–Kier alpha value is -2.37. The van der Waals surface area contributed by atoms with Crippen molar-refractivity contribution in [3.05, 3.63) is 51.9 Å². The van der Waals surface area contributed by atoms with Crippen LogP contribution in [-0.4, -0.2) is 10.1 Å². The maximum Gasteiger partial charge on any atom is 0.272 e. The highest BCUT2D eigenvalue weighted by Crippen LogP contribution is 2.21. The summed E-state index contributed by atoms with van der Waals surface area (Å²) in [4.78, 5) is 10.2. The van der Waals surface area contributed by atoms with Gasteiger partial charge in [0.25, 0.3) is 5.69 Å². The van der Waals surface area contributed by atoms with Crippen molar-refractivity contribution in [1.29, 1.82) is 0 Å². The SMILES string of the molecule is Cc1cc(NCc2ccon2)ccc1[N+](=O)[O-]. The highest BCUT2D eigenvalue weighted by Gasteiger charge is 2.09. The number of hydrogen-bond acceptors (Lipinski definition) is 5. The Morgan fingerprint density at radius 2 is 2.29 bits per heavy atom. The van der Waals surface area contributed by atoms with E-state index in [9.17, 15) is 10.1 Å². The molecule has 6 heteroatoms. The van der Waals surface area contributed by atoms with Crippen molar-refractivity contribution in [3.63, 3.8) is 0 Å². The molecule has 0 aliphatic carbocycles. The number of nitrogens with zero attached hydrogens (tertiary/aromatic N) is 2. The van der Waals surface area contributed by atoms with E-state index < -0.39 is 4.92 Å². The summed E-state index contributed by atoms with van der Waals surface area (Å²) < 4.78 is 4.70. The largest absolute Gasteiger partial charge is 0.379 e. The molecule has 0 amide bonds. The zero-order valence-electron chi connectivity index (χ0n) is 9.21. The molecule has 0 aliphatic rings. The van der Waals surface area contributed by atoms with Crippen LogP contribution in [0.4, 0.5) is 11.4 Å². The molecule has 0 saturated carbocycles. The Bertz CT molecular complexity index is 523. The zero-order valence-corrected chi connectivity index (χ0v) is 9.21. The molecule has 1 N–H and O–H groups in total. The van der Waals surface area contributed by atoms with Crippen molar-refractivity contribution in [2.75, 3.05) is 5.32 Å². The van der Waals surface area contributed by atoms with Crippen molar-refractivity contribution in [1.82, 2.24) is 5.16 Å². The number of aryl methyl sites for hydroxylation is 1. The fourth-order valence-corrected chi connectivity index (χ4v) is 1.49. The van der Waals surface area contributed by atoms with Gasteiger partial charge in [-0.15, -0.1) is 0 Å². The van der Waals surface area contributed by atoms with Crippen LogP contribution in [-0.2, 0) is 6.54 Å². The van der Waals surface area contributed by atoms with Gasteiger partial charge in [-0.1, -0.05) is 5.16 Å². The number of hydrogen-bond donors (Lipinski definition) is 1. The van der Waals surface area contributed by atoms with E-state index in [2.05, 4.69) is 10.5 Å². The molecule has 6 nitrogen and oxygen atoms in total. The van der Waals surface area contributed by atoms with Gasteiger partial charge in [0.2, 0.25) is 0 Å². The van der Waals surface area contributed by atoms with Crippen molar-refractivity contribution >= 4 is 11.4 Å². The highest BCUT2D eigenvalue weighted by molar-refractivity contribution is 5.53. The van der Waals surface area contributed by atoms with Crippen LogP contribution in [0.5, 0.6) is 0 Å². The molecular weight excluding hydrogens is 222 g/mol. The number of nitrogens with one attached hydrogen (secondary N) is 1. The molecule has 88 valence electrons. The Morgan fingerprint density at radius 3 is 2.88 bits per heavy atom. The predicted octanol–water partition coefficient (Wildman–Crippen LogP) is 2.50. The van der Waals surface area contributed by atoms with E-state index in [4.69, 9.17) is 4.52 Å². The number of benzene rings is 1. The monoisotopic (exact) mass is 233 g/mol. The standard InChI is InChI=1S/C11H11N3O3/c1-8-6-9(2-3-11(8)14(15)16)12-7-10-4-5-17-13-10/h2-6,12H,7H2,1H3. The van der Waals surface area contributed by atoms with E-state index in [1.807, 2.05) is 0 Å². The molecule has 0 saturated heterocycles. The zero-order chi connectivity index (χ0) is 12.3. The summed E-state index contributed by atoms with van der Waals surface area (Å²) in [6.45, 7) is 2.23. The van der Waals surface area contributed by atoms with Gasteiger partial charge in [0.1, 0.15) is 12.0 Å². The highest BCUT2D eigenvalue weighted by atomic mass is 16.6. The first-order valence-electron chi connectivity index (χ1n) is 5.05. The molecule has 2 rings (SSSR count). The second-order valence-corrected chi connectivity index (χ2v) is 3.60. The lowest BCUT2D eigenvalue weighted by Crippen LogP contribution is -2.00. The quantitative estimate of drug-likeness (QED) is 0.648. The van der Waals surface area contributed by atoms with Crippen molar-refractivity contribution in [3.8, 4) is 0 Å². The minimum absolute atomic E-state index is 0.122. The van der Waals surface area contributed by atoms with Gasteiger partial charge in [-0.3, -0.25) is 10.1 Å². The molecule has 1 heterocycles.